The van der Waals surface area contributed by atoms with E-state index in [0.29, 0.717) is 17.5 Å². The van der Waals surface area contributed by atoms with Gasteiger partial charge in [-0.25, -0.2) is 15.0 Å². The van der Waals surface area contributed by atoms with E-state index in [1.807, 2.05) is 12.1 Å². The average molecular weight is 690 g/mol. The molecule has 9 aromatic rings. The summed E-state index contributed by atoms with van der Waals surface area (Å²) in [5.74, 6) is 1.87. The first kappa shape index (κ1) is 32.7. The molecular weight excluding hydrogens is 655 g/mol. The third-order valence-corrected chi connectivity index (χ3v) is 9.75. The molecule has 0 aliphatic rings. The highest BCUT2D eigenvalue weighted by Crippen LogP contribution is 2.35. The van der Waals surface area contributed by atoms with Gasteiger partial charge >= 0.3 is 0 Å². The topological polar surface area (TPSA) is 38.7 Å². The van der Waals surface area contributed by atoms with Crippen LogP contribution in [0.5, 0.6) is 0 Å². The molecule has 54 heavy (non-hydrogen) atoms. The molecule has 0 aliphatic carbocycles. The van der Waals surface area contributed by atoms with Crippen LogP contribution in [0.25, 0.3) is 89.8 Å². The third-order valence-electron chi connectivity index (χ3n) is 9.75. The summed E-state index contributed by atoms with van der Waals surface area (Å²) < 4.78 is 0. The van der Waals surface area contributed by atoms with Gasteiger partial charge in [0, 0.05) is 16.7 Å². The Morgan fingerprint density at radius 2 is 0.481 bits per heavy atom. The smallest absolute Gasteiger partial charge is 0.164 e. The van der Waals surface area contributed by atoms with Gasteiger partial charge in [0.05, 0.1) is 0 Å². The minimum atomic E-state index is 0.623. The van der Waals surface area contributed by atoms with E-state index in [-0.39, 0.29) is 0 Å². The van der Waals surface area contributed by atoms with Gasteiger partial charge in [0.15, 0.2) is 17.5 Å². The van der Waals surface area contributed by atoms with Gasteiger partial charge < -0.3 is 0 Å². The van der Waals surface area contributed by atoms with Gasteiger partial charge in [0.1, 0.15) is 0 Å². The van der Waals surface area contributed by atoms with Crippen molar-refractivity contribution < 1.29 is 0 Å². The lowest BCUT2D eigenvalue weighted by atomic mass is 9.93. The van der Waals surface area contributed by atoms with Crippen LogP contribution in [0.2, 0.25) is 0 Å². The van der Waals surface area contributed by atoms with Gasteiger partial charge in [0.2, 0.25) is 0 Å². The normalized spacial score (nSPS) is 11.0. The molecule has 8 aromatic carbocycles. The summed E-state index contributed by atoms with van der Waals surface area (Å²) in [6, 6.07) is 74.1. The summed E-state index contributed by atoms with van der Waals surface area (Å²) >= 11 is 0. The van der Waals surface area contributed by atoms with Crippen LogP contribution < -0.4 is 0 Å². The Bertz CT molecular complexity index is 2690. The molecule has 0 unspecified atom stereocenters. The zero-order valence-electron chi connectivity index (χ0n) is 29.5. The van der Waals surface area contributed by atoms with E-state index >= 15 is 0 Å². The predicted molar refractivity (Wildman–Crippen MR) is 223 cm³/mol. The molecule has 254 valence electrons. The highest BCUT2D eigenvalue weighted by atomic mass is 15.0. The lowest BCUT2D eigenvalue weighted by molar-refractivity contribution is 1.07. The van der Waals surface area contributed by atoms with Crippen molar-refractivity contribution in [2.24, 2.45) is 0 Å². The first-order chi connectivity index (χ1) is 26.7. The van der Waals surface area contributed by atoms with E-state index in [2.05, 4.69) is 200 Å². The predicted octanol–water partition coefficient (Wildman–Crippen LogP) is 13.2. The summed E-state index contributed by atoms with van der Waals surface area (Å²) in [5.41, 5.74) is 14.3. The Kier molecular flexibility index (Phi) is 8.94. The standard InChI is InChI=1S/C51H35N3/c1-4-15-36(16-5-1)38-29-31-40(32-30-38)49-52-50(45-25-13-23-43(34-45)42-22-12-21-41(33-42)37-17-6-2-7-18-37)54-51(53-49)46-26-14-24-44(35-46)48-28-11-10-27-47(48)39-19-8-3-9-20-39/h1-35H. The van der Waals surface area contributed by atoms with Crippen LogP contribution in [-0.2, 0) is 0 Å². The fraction of sp³-hybridized carbons (Fsp3) is 0. The minimum absolute atomic E-state index is 0.623. The average Bonchev–Trinajstić information content (AvgIpc) is 3.27. The van der Waals surface area contributed by atoms with Crippen molar-refractivity contribution in [1.82, 2.24) is 15.0 Å². The summed E-state index contributed by atoms with van der Waals surface area (Å²) in [6.45, 7) is 0. The van der Waals surface area contributed by atoms with Gasteiger partial charge in [0.25, 0.3) is 0 Å². The van der Waals surface area contributed by atoms with Gasteiger partial charge in [-0.1, -0.05) is 194 Å². The number of hydrogen-bond donors (Lipinski definition) is 0. The zero-order valence-corrected chi connectivity index (χ0v) is 29.5. The monoisotopic (exact) mass is 689 g/mol. The Hall–Kier alpha value is -7.23. The van der Waals surface area contributed by atoms with Crippen molar-refractivity contribution in [3.05, 3.63) is 212 Å². The SMILES string of the molecule is c1ccc(-c2ccc(-c3nc(-c4cccc(-c5cccc(-c6ccccc6)c5)c4)nc(-c4cccc(-c5ccccc5-c5ccccc5)c4)n3)cc2)cc1. The summed E-state index contributed by atoms with van der Waals surface area (Å²) in [7, 11) is 0. The molecule has 0 amide bonds. The number of rotatable bonds is 8. The second kappa shape index (κ2) is 14.8. The molecule has 0 saturated carbocycles. The fourth-order valence-corrected chi connectivity index (χ4v) is 6.98. The van der Waals surface area contributed by atoms with E-state index in [0.717, 1.165) is 44.5 Å². The van der Waals surface area contributed by atoms with E-state index in [1.165, 1.54) is 27.8 Å². The molecule has 3 heteroatoms. The summed E-state index contributed by atoms with van der Waals surface area (Å²) in [6.07, 6.45) is 0. The van der Waals surface area contributed by atoms with E-state index < -0.39 is 0 Å². The minimum Gasteiger partial charge on any atom is -0.208 e. The Morgan fingerprint density at radius 3 is 1.02 bits per heavy atom. The van der Waals surface area contributed by atoms with Crippen LogP contribution >= 0.6 is 0 Å². The van der Waals surface area contributed by atoms with Crippen molar-refractivity contribution in [3.63, 3.8) is 0 Å². The van der Waals surface area contributed by atoms with Crippen molar-refractivity contribution in [2.45, 2.75) is 0 Å². The molecule has 0 bridgehead atoms. The zero-order chi connectivity index (χ0) is 36.1. The molecule has 0 fully saturated rings. The van der Waals surface area contributed by atoms with Crippen LogP contribution in [0, 0.1) is 0 Å². The summed E-state index contributed by atoms with van der Waals surface area (Å²) in [4.78, 5) is 15.4. The molecule has 0 radical (unpaired) electrons. The molecule has 0 spiro atoms. The number of aromatic nitrogens is 3. The largest absolute Gasteiger partial charge is 0.208 e. The second-order valence-electron chi connectivity index (χ2n) is 13.3. The molecule has 0 N–H and O–H groups in total. The van der Waals surface area contributed by atoms with Gasteiger partial charge in [-0.15, -0.1) is 0 Å². The molecular formula is C51H35N3. The highest BCUT2D eigenvalue weighted by molar-refractivity contribution is 5.85. The molecule has 9 rings (SSSR count). The van der Waals surface area contributed by atoms with Crippen molar-refractivity contribution >= 4 is 0 Å². The lowest BCUT2D eigenvalue weighted by Crippen LogP contribution is -2.00. The molecule has 1 heterocycles. The molecule has 1 aromatic heterocycles. The van der Waals surface area contributed by atoms with E-state index in [4.69, 9.17) is 15.0 Å². The number of hydrogen-bond acceptors (Lipinski definition) is 3. The van der Waals surface area contributed by atoms with Crippen LogP contribution in [0.4, 0.5) is 0 Å². The first-order valence-electron chi connectivity index (χ1n) is 18.2. The van der Waals surface area contributed by atoms with E-state index in [9.17, 15) is 0 Å². The highest BCUT2D eigenvalue weighted by Gasteiger charge is 2.15. The number of benzene rings is 8. The fourth-order valence-electron chi connectivity index (χ4n) is 6.98. The van der Waals surface area contributed by atoms with Crippen LogP contribution in [-0.4, -0.2) is 15.0 Å². The molecule has 0 aliphatic heterocycles. The maximum atomic E-state index is 5.16. The molecule has 0 saturated heterocycles. The van der Waals surface area contributed by atoms with Crippen molar-refractivity contribution in [2.75, 3.05) is 0 Å². The van der Waals surface area contributed by atoms with Crippen LogP contribution in [0.15, 0.2) is 212 Å². The number of nitrogens with zero attached hydrogens (tertiary/aromatic N) is 3. The Labute approximate surface area is 316 Å². The van der Waals surface area contributed by atoms with Gasteiger partial charge in [-0.2, -0.15) is 0 Å². The van der Waals surface area contributed by atoms with Crippen LogP contribution in [0.3, 0.4) is 0 Å². The molecule has 0 atom stereocenters. The van der Waals surface area contributed by atoms with Gasteiger partial charge in [-0.3, -0.25) is 0 Å². The summed E-state index contributed by atoms with van der Waals surface area (Å²) in [5, 5.41) is 0. The maximum Gasteiger partial charge on any atom is 0.164 e. The Morgan fingerprint density at radius 1 is 0.185 bits per heavy atom. The van der Waals surface area contributed by atoms with E-state index in [1.54, 1.807) is 0 Å². The van der Waals surface area contributed by atoms with Crippen LogP contribution in [0.1, 0.15) is 0 Å². The Balaban J connectivity index is 1.15. The maximum absolute atomic E-state index is 5.16. The lowest BCUT2D eigenvalue weighted by Gasteiger charge is -2.13. The first-order valence-corrected chi connectivity index (χ1v) is 18.2. The van der Waals surface area contributed by atoms with Gasteiger partial charge in [-0.05, 0) is 73.8 Å². The van der Waals surface area contributed by atoms with Crippen molar-refractivity contribution in [3.8, 4) is 89.8 Å². The second-order valence-corrected chi connectivity index (χ2v) is 13.3. The molecule has 3 nitrogen and oxygen atoms in total. The quantitative estimate of drug-likeness (QED) is 0.159. The van der Waals surface area contributed by atoms with Crippen molar-refractivity contribution in [1.29, 1.82) is 0 Å². The third kappa shape index (κ3) is 6.87.